The maximum Gasteiger partial charge on any atom is 0.138 e. The molecule has 3 rings (SSSR count). The van der Waals surface area contributed by atoms with E-state index in [1.165, 1.54) is 24.0 Å². The molecule has 2 heteroatoms. The van der Waals surface area contributed by atoms with Gasteiger partial charge in [0.05, 0.1) is 12.7 Å². The molecule has 1 aromatic rings. The summed E-state index contributed by atoms with van der Waals surface area (Å²) >= 11 is 0. The molecule has 2 nitrogen and oxygen atoms in total. The third-order valence-corrected chi connectivity index (χ3v) is 4.32. The molecule has 0 radical (unpaired) electrons. The zero-order valence-electron chi connectivity index (χ0n) is 10.9. The van der Waals surface area contributed by atoms with Gasteiger partial charge in [0.1, 0.15) is 5.78 Å². The first-order valence-electron chi connectivity index (χ1n) is 6.98. The molecule has 0 amide bonds. The Labute approximate surface area is 108 Å². The van der Waals surface area contributed by atoms with E-state index in [1.54, 1.807) is 0 Å². The second kappa shape index (κ2) is 4.85. The first kappa shape index (κ1) is 11.9. The van der Waals surface area contributed by atoms with Crippen LogP contribution in [0, 0.1) is 11.8 Å². The zero-order valence-corrected chi connectivity index (χ0v) is 10.9. The molecule has 1 fully saturated rings. The van der Waals surface area contributed by atoms with Gasteiger partial charge in [-0.2, -0.15) is 0 Å². The minimum Gasteiger partial charge on any atom is -0.373 e. The highest BCUT2D eigenvalue weighted by molar-refractivity contribution is 5.82. The molecule has 0 bridgehead atoms. The average Bonchev–Trinajstić information content (AvgIpc) is 3.22. The van der Waals surface area contributed by atoms with Gasteiger partial charge in [-0.05, 0) is 36.3 Å². The molecule has 1 saturated carbocycles. The van der Waals surface area contributed by atoms with Crippen LogP contribution in [0.4, 0.5) is 0 Å². The number of Topliss-reactive ketones (excluding diaryl/α,β-unsaturated/α-hetero) is 1. The topological polar surface area (TPSA) is 26.3 Å². The lowest BCUT2D eigenvalue weighted by atomic mass is 9.90. The summed E-state index contributed by atoms with van der Waals surface area (Å²) in [4.78, 5) is 12.2. The van der Waals surface area contributed by atoms with Crippen LogP contribution in [0.15, 0.2) is 24.3 Å². The Morgan fingerprint density at radius 2 is 2.17 bits per heavy atom. The van der Waals surface area contributed by atoms with Crippen LogP contribution in [0.25, 0.3) is 0 Å². The van der Waals surface area contributed by atoms with Crippen LogP contribution in [0.5, 0.6) is 0 Å². The third kappa shape index (κ3) is 2.35. The van der Waals surface area contributed by atoms with Crippen molar-refractivity contribution in [3.63, 3.8) is 0 Å². The van der Waals surface area contributed by atoms with E-state index < -0.39 is 0 Å². The summed E-state index contributed by atoms with van der Waals surface area (Å²) in [5, 5.41) is 0. The summed E-state index contributed by atoms with van der Waals surface area (Å²) in [6, 6.07) is 8.36. The quantitative estimate of drug-likeness (QED) is 0.812. The van der Waals surface area contributed by atoms with Gasteiger partial charge in [-0.3, -0.25) is 4.79 Å². The summed E-state index contributed by atoms with van der Waals surface area (Å²) in [5.74, 6) is 1.25. The maximum absolute atomic E-state index is 12.2. The van der Waals surface area contributed by atoms with Crippen LogP contribution in [0.2, 0.25) is 0 Å². The number of hydrogen-bond acceptors (Lipinski definition) is 2. The lowest BCUT2D eigenvalue weighted by Gasteiger charge is -2.26. The summed E-state index contributed by atoms with van der Waals surface area (Å²) in [6.45, 7) is 2.82. The van der Waals surface area contributed by atoms with E-state index in [2.05, 4.69) is 25.1 Å². The van der Waals surface area contributed by atoms with Crippen LogP contribution in [0.1, 0.15) is 43.4 Å². The number of carbonyl (C=O) groups excluding carboxylic acids is 1. The van der Waals surface area contributed by atoms with Crippen molar-refractivity contribution >= 4 is 5.78 Å². The van der Waals surface area contributed by atoms with Crippen LogP contribution >= 0.6 is 0 Å². The molecule has 1 aliphatic carbocycles. The normalized spacial score (nSPS) is 24.4. The van der Waals surface area contributed by atoms with Gasteiger partial charge in [-0.1, -0.05) is 31.2 Å². The van der Waals surface area contributed by atoms with Crippen LogP contribution in [-0.4, -0.2) is 12.4 Å². The Hall–Kier alpha value is -1.15. The molecule has 2 atom stereocenters. The molecule has 96 valence electrons. The van der Waals surface area contributed by atoms with Crippen molar-refractivity contribution in [3.8, 4) is 0 Å². The maximum atomic E-state index is 12.2. The molecule has 0 N–H and O–H groups in total. The first-order valence-corrected chi connectivity index (χ1v) is 6.98. The fourth-order valence-electron chi connectivity index (χ4n) is 2.87. The number of ether oxygens (including phenoxy) is 1. The fourth-order valence-corrected chi connectivity index (χ4v) is 2.87. The van der Waals surface area contributed by atoms with Gasteiger partial charge in [0, 0.05) is 12.3 Å². The van der Waals surface area contributed by atoms with Gasteiger partial charge >= 0.3 is 0 Å². The van der Waals surface area contributed by atoms with Crippen LogP contribution in [-0.2, 0) is 16.0 Å². The molecule has 1 aliphatic heterocycles. The molecule has 0 spiro atoms. The van der Waals surface area contributed by atoms with E-state index >= 15 is 0 Å². The van der Waals surface area contributed by atoms with Gasteiger partial charge in [0.15, 0.2) is 0 Å². The molecule has 0 saturated heterocycles. The zero-order chi connectivity index (χ0) is 12.5. The number of ketones is 1. The molecule has 2 unspecified atom stereocenters. The molecule has 2 aliphatic rings. The van der Waals surface area contributed by atoms with E-state index in [-0.39, 0.29) is 12.0 Å². The standard InChI is InChI=1S/C16H20O2/c1-11(12-6-7-12)15(17)10-16-14-5-3-2-4-13(14)8-9-18-16/h2-5,11-12,16H,6-10H2,1H3. The van der Waals surface area contributed by atoms with Crippen molar-refractivity contribution in [2.24, 2.45) is 11.8 Å². The SMILES string of the molecule is CC(C(=O)CC1OCCc2ccccc21)C1CC1. The minimum absolute atomic E-state index is 0.0105. The highest BCUT2D eigenvalue weighted by Crippen LogP contribution is 2.39. The van der Waals surface area contributed by atoms with Gasteiger partial charge in [-0.25, -0.2) is 0 Å². The first-order chi connectivity index (χ1) is 8.75. The summed E-state index contributed by atoms with van der Waals surface area (Å²) in [5.41, 5.74) is 2.57. The minimum atomic E-state index is -0.0105. The number of hydrogen-bond donors (Lipinski definition) is 0. The van der Waals surface area contributed by atoms with Gasteiger partial charge in [0.2, 0.25) is 0 Å². The second-order valence-electron chi connectivity index (χ2n) is 5.60. The van der Waals surface area contributed by atoms with E-state index in [1.807, 2.05) is 6.07 Å². The number of benzene rings is 1. The lowest BCUT2D eigenvalue weighted by molar-refractivity contribution is -0.126. The largest absolute Gasteiger partial charge is 0.373 e. The number of fused-ring (bicyclic) bond motifs is 1. The lowest BCUT2D eigenvalue weighted by Crippen LogP contribution is -2.22. The Morgan fingerprint density at radius 3 is 2.94 bits per heavy atom. The predicted octanol–water partition coefficient (Wildman–Crippen LogP) is 3.31. The van der Waals surface area contributed by atoms with E-state index in [9.17, 15) is 4.79 Å². The average molecular weight is 244 g/mol. The van der Waals surface area contributed by atoms with Crippen LogP contribution < -0.4 is 0 Å². The van der Waals surface area contributed by atoms with E-state index in [0.29, 0.717) is 18.1 Å². The van der Waals surface area contributed by atoms with Crippen molar-refractivity contribution < 1.29 is 9.53 Å². The summed E-state index contributed by atoms with van der Waals surface area (Å²) < 4.78 is 5.80. The highest BCUT2D eigenvalue weighted by Gasteiger charge is 2.34. The van der Waals surface area contributed by atoms with Gasteiger partial charge in [-0.15, -0.1) is 0 Å². The Bertz CT molecular complexity index is 448. The molecule has 18 heavy (non-hydrogen) atoms. The molecular weight excluding hydrogens is 224 g/mol. The molecule has 1 aromatic carbocycles. The Morgan fingerprint density at radius 1 is 1.39 bits per heavy atom. The van der Waals surface area contributed by atoms with Crippen molar-refractivity contribution in [2.75, 3.05) is 6.61 Å². The monoisotopic (exact) mass is 244 g/mol. The molecule has 1 heterocycles. The second-order valence-corrected chi connectivity index (χ2v) is 5.60. The van der Waals surface area contributed by atoms with Gasteiger partial charge in [0.25, 0.3) is 0 Å². The van der Waals surface area contributed by atoms with E-state index in [0.717, 1.165) is 13.0 Å². The molecule has 0 aromatic heterocycles. The number of rotatable bonds is 4. The Balaban J connectivity index is 1.72. The van der Waals surface area contributed by atoms with Crippen molar-refractivity contribution in [1.29, 1.82) is 0 Å². The predicted molar refractivity (Wildman–Crippen MR) is 70.4 cm³/mol. The highest BCUT2D eigenvalue weighted by atomic mass is 16.5. The number of carbonyl (C=O) groups is 1. The third-order valence-electron chi connectivity index (χ3n) is 4.32. The van der Waals surface area contributed by atoms with Gasteiger partial charge < -0.3 is 4.74 Å². The summed E-state index contributed by atoms with van der Waals surface area (Å²) in [6.07, 6.45) is 3.97. The van der Waals surface area contributed by atoms with Crippen LogP contribution in [0.3, 0.4) is 0 Å². The van der Waals surface area contributed by atoms with E-state index in [4.69, 9.17) is 4.74 Å². The van der Waals surface area contributed by atoms with Crippen molar-refractivity contribution in [3.05, 3.63) is 35.4 Å². The smallest absolute Gasteiger partial charge is 0.138 e. The summed E-state index contributed by atoms with van der Waals surface area (Å²) in [7, 11) is 0. The van der Waals surface area contributed by atoms with Crippen molar-refractivity contribution in [1.82, 2.24) is 0 Å². The Kier molecular flexibility index (Phi) is 3.21. The fraction of sp³-hybridized carbons (Fsp3) is 0.562. The molecular formula is C16H20O2. The van der Waals surface area contributed by atoms with Crippen molar-refractivity contribution in [2.45, 2.75) is 38.7 Å².